The van der Waals surface area contributed by atoms with Crippen LogP contribution in [0.5, 0.6) is 0 Å². The first-order valence-corrected chi connectivity index (χ1v) is 16.8. The molecule has 0 amide bonds. The maximum absolute atomic E-state index is 6.39. The number of nitrogens with zero attached hydrogens (tertiary/aromatic N) is 1. The van der Waals surface area contributed by atoms with Crippen LogP contribution in [0, 0.1) is 0 Å². The molecule has 8 aromatic rings. The predicted molar refractivity (Wildman–Crippen MR) is 202 cm³/mol. The zero-order valence-corrected chi connectivity index (χ0v) is 27.8. The number of furan rings is 1. The van der Waals surface area contributed by atoms with Crippen LogP contribution in [-0.4, -0.2) is 0 Å². The second-order valence-electron chi connectivity index (χ2n) is 14.3. The average Bonchev–Trinajstić information content (AvgIpc) is 3.59. The average molecular weight is 620 g/mol. The molecule has 0 fully saturated rings. The number of anilines is 3. The number of rotatable bonds is 5. The van der Waals surface area contributed by atoms with Crippen molar-refractivity contribution in [3.63, 3.8) is 0 Å². The molecule has 48 heavy (non-hydrogen) atoms. The van der Waals surface area contributed by atoms with Crippen LogP contribution in [0.3, 0.4) is 0 Å². The third-order valence-corrected chi connectivity index (χ3v) is 10.7. The van der Waals surface area contributed by atoms with Gasteiger partial charge < -0.3 is 9.32 Å². The third kappa shape index (κ3) is 4.33. The van der Waals surface area contributed by atoms with Crippen molar-refractivity contribution < 1.29 is 4.42 Å². The summed E-state index contributed by atoms with van der Waals surface area (Å²) in [6.07, 6.45) is 0. The van der Waals surface area contributed by atoms with Crippen molar-refractivity contribution in [3.8, 4) is 11.1 Å². The van der Waals surface area contributed by atoms with Gasteiger partial charge in [0.25, 0.3) is 0 Å². The van der Waals surface area contributed by atoms with Crippen LogP contribution < -0.4 is 4.90 Å². The van der Waals surface area contributed by atoms with Gasteiger partial charge in [0.05, 0.1) is 0 Å². The highest BCUT2D eigenvalue weighted by atomic mass is 16.3. The minimum Gasteiger partial charge on any atom is -0.456 e. The Labute approximate surface area is 281 Å². The molecule has 9 rings (SSSR count). The topological polar surface area (TPSA) is 16.4 Å². The van der Waals surface area contributed by atoms with Gasteiger partial charge in [-0.05, 0) is 98.8 Å². The minimum atomic E-state index is -0.136. The van der Waals surface area contributed by atoms with Crippen molar-refractivity contribution in [2.24, 2.45) is 0 Å². The van der Waals surface area contributed by atoms with Crippen molar-refractivity contribution in [2.45, 2.75) is 38.5 Å². The Bertz CT molecular complexity index is 2500. The standard InChI is InChI=1S/C46H37NO/c1-45(2,32-14-6-5-7-15-32)33-18-20-34(21-19-33)47(36-23-25-39-38-16-10-11-17-43(38)48-44(39)29-36)35-22-24-37-40-26-30-12-8-9-13-31(30)27-41(40)46(3,4)42(37)28-35/h5-29H,1-4H3. The van der Waals surface area contributed by atoms with Gasteiger partial charge in [0.1, 0.15) is 11.2 Å². The summed E-state index contributed by atoms with van der Waals surface area (Å²) < 4.78 is 6.39. The first-order valence-electron chi connectivity index (χ1n) is 16.8. The monoisotopic (exact) mass is 619 g/mol. The molecule has 1 aliphatic carbocycles. The Morgan fingerprint density at radius 2 is 1.06 bits per heavy atom. The quantitative estimate of drug-likeness (QED) is 0.191. The molecule has 0 N–H and O–H groups in total. The predicted octanol–water partition coefficient (Wildman–Crippen LogP) is 12.8. The van der Waals surface area contributed by atoms with E-state index in [1.165, 1.54) is 44.2 Å². The largest absolute Gasteiger partial charge is 0.456 e. The first kappa shape index (κ1) is 28.6. The Morgan fingerprint density at radius 1 is 0.479 bits per heavy atom. The second-order valence-corrected chi connectivity index (χ2v) is 14.3. The smallest absolute Gasteiger partial charge is 0.137 e. The summed E-state index contributed by atoms with van der Waals surface area (Å²) in [6, 6.07) is 55.3. The molecule has 0 radical (unpaired) electrons. The van der Waals surface area contributed by atoms with Crippen molar-refractivity contribution in [1.29, 1.82) is 0 Å². The summed E-state index contributed by atoms with van der Waals surface area (Å²) in [6.45, 7) is 9.32. The SMILES string of the molecule is CC(C)(c1ccccc1)c1ccc(N(c2ccc3c(c2)C(C)(C)c2cc4ccccc4cc2-3)c2ccc3c(c2)oc2ccccc23)cc1. The number of hydrogen-bond donors (Lipinski definition) is 0. The van der Waals surface area contributed by atoms with Crippen molar-refractivity contribution >= 4 is 49.8 Å². The van der Waals surface area contributed by atoms with Crippen molar-refractivity contribution in [2.75, 3.05) is 4.90 Å². The lowest BCUT2D eigenvalue weighted by Crippen LogP contribution is -2.19. The summed E-state index contributed by atoms with van der Waals surface area (Å²) in [7, 11) is 0. The van der Waals surface area contributed by atoms with E-state index < -0.39 is 0 Å². The Hall–Kier alpha value is -5.60. The van der Waals surface area contributed by atoms with Gasteiger partial charge in [0.15, 0.2) is 0 Å². The van der Waals surface area contributed by atoms with E-state index in [1.807, 2.05) is 12.1 Å². The summed E-state index contributed by atoms with van der Waals surface area (Å²) in [5.74, 6) is 0. The molecule has 7 aromatic carbocycles. The van der Waals surface area contributed by atoms with E-state index in [0.29, 0.717) is 0 Å². The summed E-state index contributed by atoms with van der Waals surface area (Å²) in [5.41, 5.74) is 12.8. The molecule has 0 bridgehead atoms. The second kappa shape index (κ2) is 10.5. The highest BCUT2D eigenvalue weighted by Gasteiger charge is 2.36. The van der Waals surface area contributed by atoms with Crippen LogP contribution in [0.15, 0.2) is 156 Å². The lowest BCUT2D eigenvalue weighted by atomic mass is 9.78. The van der Waals surface area contributed by atoms with Crippen LogP contribution in [0.25, 0.3) is 43.8 Å². The number of benzene rings is 7. The van der Waals surface area contributed by atoms with Crippen LogP contribution in [-0.2, 0) is 10.8 Å². The molecular formula is C46H37NO. The van der Waals surface area contributed by atoms with Crippen LogP contribution in [0.1, 0.15) is 49.9 Å². The maximum Gasteiger partial charge on any atom is 0.137 e. The fourth-order valence-electron chi connectivity index (χ4n) is 7.90. The molecule has 2 heteroatoms. The first-order chi connectivity index (χ1) is 23.3. The molecular weight excluding hydrogens is 583 g/mol. The molecule has 0 spiro atoms. The van der Waals surface area contributed by atoms with E-state index in [0.717, 1.165) is 39.0 Å². The van der Waals surface area contributed by atoms with Crippen LogP contribution in [0.4, 0.5) is 17.1 Å². The van der Waals surface area contributed by atoms with Gasteiger partial charge in [-0.15, -0.1) is 0 Å². The van der Waals surface area contributed by atoms with E-state index in [4.69, 9.17) is 4.42 Å². The van der Waals surface area contributed by atoms with Gasteiger partial charge in [-0.3, -0.25) is 0 Å². The van der Waals surface area contributed by atoms with Gasteiger partial charge >= 0.3 is 0 Å². The van der Waals surface area contributed by atoms with Crippen LogP contribution in [0.2, 0.25) is 0 Å². The number of fused-ring (bicyclic) bond motifs is 7. The van der Waals surface area contributed by atoms with Gasteiger partial charge in [0.2, 0.25) is 0 Å². The zero-order chi connectivity index (χ0) is 32.6. The van der Waals surface area contributed by atoms with Gasteiger partial charge in [0, 0.05) is 44.7 Å². The minimum absolute atomic E-state index is 0.120. The molecule has 232 valence electrons. The summed E-state index contributed by atoms with van der Waals surface area (Å²) in [4.78, 5) is 2.38. The summed E-state index contributed by atoms with van der Waals surface area (Å²) in [5, 5.41) is 4.84. The lowest BCUT2D eigenvalue weighted by Gasteiger charge is -2.30. The van der Waals surface area contributed by atoms with E-state index >= 15 is 0 Å². The van der Waals surface area contributed by atoms with Crippen molar-refractivity contribution in [3.05, 3.63) is 174 Å². The fourth-order valence-corrected chi connectivity index (χ4v) is 7.90. The van der Waals surface area contributed by atoms with Crippen molar-refractivity contribution in [1.82, 2.24) is 0 Å². The molecule has 0 atom stereocenters. The molecule has 0 aliphatic heterocycles. The van der Waals surface area contributed by atoms with Gasteiger partial charge in [-0.1, -0.05) is 119 Å². The normalized spacial score (nSPS) is 13.6. The van der Waals surface area contributed by atoms with E-state index in [-0.39, 0.29) is 10.8 Å². The molecule has 1 aromatic heterocycles. The highest BCUT2D eigenvalue weighted by Crippen LogP contribution is 2.52. The Kier molecular flexibility index (Phi) is 6.23. The number of para-hydroxylation sites is 1. The third-order valence-electron chi connectivity index (χ3n) is 10.7. The Morgan fingerprint density at radius 3 is 1.85 bits per heavy atom. The van der Waals surface area contributed by atoms with E-state index in [2.05, 4.69) is 172 Å². The van der Waals surface area contributed by atoms with E-state index in [9.17, 15) is 0 Å². The highest BCUT2D eigenvalue weighted by molar-refractivity contribution is 6.06. The van der Waals surface area contributed by atoms with Gasteiger partial charge in [-0.2, -0.15) is 0 Å². The molecule has 2 nitrogen and oxygen atoms in total. The fraction of sp³-hybridized carbons (Fsp3) is 0.130. The summed E-state index contributed by atoms with van der Waals surface area (Å²) >= 11 is 0. The molecule has 0 saturated heterocycles. The van der Waals surface area contributed by atoms with E-state index in [1.54, 1.807) is 0 Å². The molecule has 0 saturated carbocycles. The number of hydrogen-bond acceptors (Lipinski definition) is 2. The van der Waals surface area contributed by atoms with Gasteiger partial charge in [-0.25, -0.2) is 0 Å². The molecule has 0 unspecified atom stereocenters. The van der Waals surface area contributed by atoms with Crippen LogP contribution >= 0.6 is 0 Å². The Balaban J connectivity index is 1.20. The lowest BCUT2D eigenvalue weighted by molar-refractivity contribution is 0.641. The molecule has 1 heterocycles. The maximum atomic E-state index is 6.39. The molecule has 1 aliphatic rings. The zero-order valence-electron chi connectivity index (χ0n) is 27.8.